The van der Waals surface area contributed by atoms with E-state index < -0.39 is 0 Å². The minimum atomic E-state index is 0.465. The van der Waals surface area contributed by atoms with Crippen molar-refractivity contribution in [2.45, 2.75) is 31.7 Å². The van der Waals surface area contributed by atoms with E-state index in [1.165, 1.54) is 36.0 Å². The number of aryl methyl sites for hydroxylation is 1. The highest BCUT2D eigenvalue weighted by Gasteiger charge is 2.26. The Kier molecular flexibility index (Phi) is 4.77. The SMILES string of the molecule is CNC1c2ccccc2CCCC1Cc1ccc(Br)cc1. The number of nitrogens with one attached hydrogen (secondary N) is 1. The summed E-state index contributed by atoms with van der Waals surface area (Å²) in [6, 6.07) is 18.2. The minimum absolute atomic E-state index is 0.465. The van der Waals surface area contributed by atoms with E-state index in [1.807, 2.05) is 0 Å². The quantitative estimate of drug-likeness (QED) is 0.781. The maximum Gasteiger partial charge on any atom is 0.0352 e. The highest BCUT2D eigenvalue weighted by atomic mass is 79.9. The van der Waals surface area contributed by atoms with Gasteiger partial charge in [-0.3, -0.25) is 0 Å². The molecule has 0 spiro atoms. The Bertz CT molecular complexity index is 591. The summed E-state index contributed by atoms with van der Waals surface area (Å²) in [6.45, 7) is 0. The van der Waals surface area contributed by atoms with Crippen LogP contribution in [0.4, 0.5) is 0 Å². The van der Waals surface area contributed by atoms with E-state index in [1.54, 1.807) is 0 Å². The number of rotatable bonds is 3. The highest BCUT2D eigenvalue weighted by molar-refractivity contribution is 9.10. The predicted molar refractivity (Wildman–Crippen MR) is 92.5 cm³/mol. The van der Waals surface area contributed by atoms with Crippen LogP contribution in [0.1, 0.15) is 35.6 Å². The molecule has 1 N–H and O–H groups in total. The molecular formula is C19H22BrN. The maximum absolute atomic E-state index is 3.57. The van der Waals surface area contributed by atoms with Crippen molar-refractivity contribution >= 4 is 15.9 Å². The molecule has 0 heterocycles. The Balaban J connectivity index is 1.86. The molecule has 0 saturated carbocycles. The van der Waals surface area contributed by atoms with Crippen molar-refractivity contribution in [2.24, 2.45) is 5.92 Å². The van der Waals surface area contributed by atoms with Gasteiger partial charge in [0.05, 0.1) is 0 Å². The van der Waals surface area contributed by atoms with E-state index in [-0.39, 0.29) is 0 Å². The topological polar surface area (TPSA) is 12.0 Å². The summed E-state index contributed by atoms with van der Waals surface area (Å²) >= 11 is 3.52. The van der Waals surface area contributed by atoms with Crippen LogP contribution in [-0.4, -0.2) is 7.05 Å². The highest BCUT2D eigenvalue weighted by Crippen LogP contribution is 2.35. The molecule has 3 rings (SSSR count). The smallest absolute Gasteiger partial charge is 0.0352 e. The van der Waals surface area contributed by atoms with Crippen LogP contribution in [0.2, 0.25) is 0 Å². The van der Waals surface area contributed by atoms with Gasteiger partial charge in [0.15, 0.2) is 0 Å². The zero-order valence-corrected chi connectivity index (χ0v) is 14.1. The lowest BCUT2D eigenvalue weighted by molar-refractivity contribution is 0.359. The van der Waals surface area contributed by atoms with Crippen molar-refractivity contribution in [3.05, 3.63) is 69.7 Å². The van der Waals surface area contributed by atoms with Crippen molar-refractivity contribution in [1.29, 1.82) is 0 Å². The van der Waals surface area contributed by atoms with Gasteiger partial charge in [-0.05, 0) is 67.5 Å². The second-order valence-corrected chi connectivity index (χ2v) is 6.86. The van der Waals surface area contributed by atoms with Gasteiger partial charge in [0.1, 0.15) is 0 Å². The molecule has 0 aliphatic heterocycles. The number of benzene rings is 2. The molecule has 0 amide bonds. The maximum atomic E-state index is 3.57. The second-order valence-electron chi connectivity index (χ2n) is 5.95. The number of halogens is 1. The molecule has 1 nitrogen and oxygen atoms in total. The van der Waals surface area contributed by atoms with Crippen molar-refractivity contribution < 1.29 is 0 Å². The average Bonchev–Trinajstić information content (AvgIpc) is 2.68. The standard InChI is InChI=1S/C19H22BrN/c1-21-19-16(13-14-9-11-17(20)12-10-14)7-4-6-15-5-2-3-8-18(15)19/h2-3,5,8-12,16,19,21H,4,6-7,13H2,1H3. The molecule has 1 aliphatic carbocycles. The van der Waals surface area contributed by atoms with Gasteiger partial charge in [0, 0.05) is 10.5 Å². The number of hydrogen-bond donors (Lipinski definition) is 1. The van der Waals surface area contributed by atoms with Crippen LogP contribution in [0.25, 0.3) is 0 Å². The van der Waals surface area contributed by atoms with Gasteiger partial charge in [-0.15, -0.1) is 0 Å². The van der Waals surface area contributed by atoms with E-state index in [0.717, 1.165) is 10.9 Å². The Morgan fingerprint density at radius 1 is 1.10 bits per heavy atom. The largest absolute Gasteiger partial charge is 0.313 e. The van der Waals surface area contributed by atoms with Gasteiger partial charge >= 0.3 is 0 Å². The zero-order chi connectivity index (χ0) is 14.7. The predicted octanol–water partition coefficient (Wildman–Crippen LogP) is 4.90. The fraction of sp³-hybridized carbons (Fsp3) is 0.368. The Labute approximate surface area is 135 Å². The van der Waals surface area contributed by atoms with E-state index in [2.05, 4.69) is 76.8 Å². The van der Waals surface area contributed by atoms with Gasteiger partial charge < -0.3 is 5.32 Å². The fourth-order valence-corrected chi connectivity index (χ4v) is 3.84. The first-order chi connectivity index (χ1) is 10.3. The Morgan fingerprint density at radius 3 is 2.62 bits per heavy atom. The fourth-order valence-electron chi connectivity index (χ4n) is 3.57. The lowest BCUT2D eigenvalue weighted by Crippen LogP contribution is -2.26. The number of hydrogen-bond acceptors (Lipinski definition) is 1. The molecule has 2 heteroatoms. The molecule has 1 aliphatic rings. The van der Waals surface area contributed by atoms with Crippen molar-refractivity contribution in [2.75, 3.05) is 7.05 Å². The third kappa shape index (κ3) is 3.38. The minimum Gasteiger partial charge on any atom is -0.313 e. The monoisotopic (exact) mass is 343 g/mol. The third-order valence-corrected chi connectivity index (χ3v) is 5.13. The normalized spacial score (nSPS) is 21.6. The lowest BCUT2D eigenvalue weighted by Gasteiger charge is -2.26. The zero-order valence-electron chi connectivity index (χ0n) is 12.5. The molecule has 21 heavy (non-hydrogen) atoms. The summed E-state index contributed by atoms with van der Waals surface area (Å²) < 4.78 is 1.16. The molecule has 0 saturated heterocycles. The van der Waals surface area contributed by atoms with Crippen LogP contribution in [0.3, 0.4) is 0 Å². The van der Waals surface area contributed by atoms with Crippen LogP contribution in [0.5, 0.6) is 0 Å². The molecule has 0 radical (unpaired) electrons. The van der Waals surface area contributed by atoms with Crippen molar-refractivity contribution in [3.63, 3.8) is 0 Å². The van der Waals surface area contributed by atoms with E-state index >= 15 is 0 Å². The average molecular weight is 344 g/mol. The van der Waals surface area contributed by atoms with E-state index in [9.17, 15) is 0 Å². The molecular weight excluding hydrogens is 322 g/mol. The molecule has 2 atom stereocenters. The summed E-state index contributed by atoms with van der Waals surface area (Å²) in [5.41, 5.74) is 4.46. The summed E-state index contributed by atoms with van der Waals surface area (Å²) in [7, 11) is 2.10. The molecule has 0 fully saturated rings. The summed E-state index contributed by atoms with van der Waals surface area (Å²) in [6.07, 6.45) is 4.94. The van der Waals surface area contributed by atoms with Crippen LogP contribution in [-0.2, 0) is 12.8 Å². The summed E-state index contributed by atoms with van der Waals surface area (Å²) in [4.78, 5) is 0. The van der Waals surface area contributed by atoms with Crippen LogP contribution in [0, 0.1) is 5.92 Å². The summed E-state index contributed by atoms with van der Waals surface area (Å²) in [5.74, 6) is 0.667. The first-order valence-electron chi connectivity index (χ1n) is 7.77. The number of fused-ring (bicyclic) bond motifs is 1. The molecule has 2 aromatic carbocycles. The third-order valence-electron chi connectivity index (χ3n) is 4.60. The first-order valence-corrected chi connectivity index (χ1v) is 8.56. The van der Waals surface area contributed by atoms with Gasteiger partial charge in [-0.25, -0.2) is 0 Å². The van der Waals surface area contributed by atoms with Gasteiger partial charge in [-0.2, -0.15) is 0 Å². The van der Waals surface area contributed by atoms with Gasteiger partial charge in [0.25, 0.3) is 0 Å². The lowest BCUT2D eigenvalue weighted by atomic mass is 9.86. The molecule has 0 bridgehead atoms. The van der Waals surface area contributed by atoms with Gasteiger partial charge in [-0.1, -0.05) is 52.3 Å². The van der Waals surface area contributed by atoms with Crippen LogP contribution >= 0.6 is 15.9 Å². The van der Waals surface area contributed by atoms with E-state index in [4.69, 9.17) is 0 Å². The van der Waals surface area contributed by atoms with Crippen molar-refractivity contribution in [1.82, 2.24) is 5.32 Å². The molecule has 110 valence electrons. The van der Waals surface area contributed by atoms with Crippen LogP contribution < -0.4 is 5.32 Å². The van der Waals surface area contributed by atoms with Crippen LogP contribution in [0.15, 0.2) is 53.0 Å². The van der Waals surface area contributed by atoms with Crippen molar-refractivity contribution in [3.8, 4) is 0 Å². The summed E-state index contributed by atoms with van der Waals surface area (Å²) in [5, 5.41) is 3.57. The molecule has 0 aromatic heterocycles. The van der Waals surface area contributed by atoms with E-state index in [0.29, 0.717) is 12.0 Å². The Morgan fingerprint density at radius 2 is 1.86 bits per heavy atom. The Hall–Kier alpha value is -1.12. The second kappa shape index (κ2) is 6.76. The molecule has 2 aromatic rings. The van der Waals surface area contributed by atoms with Gasteiger partial charge in [0.2, 0.25) is 0 Å². The molecule has 2 unspecified atom stereocenters. The first kappa shape index (κ1) is 14.8.